The Kier molecular flexibility index (Phi) is 3.46. The van der Waals surface area contributed by atoms with Crippen molar-refractivity contribution in [2.45, 2.75) is 20.4 Å². The van der Waals surface area contributed by atoms with Gasteiger partial charge in [-0.3, -0.25) is 4.40 Å². The Morgan fingerprint density at radius 3 is 2.75 bits per heavy atom. The fraction of sp³-hybridized carbons (Fsp3) is 0.267. The molecule has 0 spiro atoms. The Bertz CT molecular complexity index is 724. The second kappa shape index (κ2) is 5.26. The van der Waals surface area contributed by atoms with Crippen molar-refractivity contribution in [1.82, 2.24) is 14.7 Å². The molecule has 1 aromatic carbocycles. The SMILES string of the molecule is CNCc1c(Oc2c(C)cccc2C)nc2sccn12. The maximum atomic E-state index is 6.10. The summed E-state index contributed by atoms with van der Waals surface area (Å²) in [6, 6.07) is 6.15. The van der Waals surface area contributed by atoms with Gasteiger partial charge in [0.2, 0.25) is 5.88 Å². The number of aryl methyl sites for hydroxylation is 2. The Hall–Kier alpha value is -1.85. The van der Waals surface area contributed by atoms with Crippen LogP contribution >= 0.6 is 11.3 Å². The number of hydrogen-bond acceptors (Lipinski definition) is 4. The Morgan fingerprint density at radius 2 is 2.05 bits per heavy atom. The van der Waals surface area contributed by atoms with Crippen LogP contribution in [0.3, 0.4) is 0 Å². The molecule has 3 rings (SSSR count). The van der Waals surface area contributed by atoms with Crippen molar-refractivity contribution in [3.05, 3.63) is 46.6 Å². The van der Waals surface area contributed by atoms with E-state index in [9.17, 15) is 0 Å². The van der Waals surface area contributed by atoms with Gasteiger partial charge in [-0.05, 0) is 32.0 Å². The Labute approximate surface area is 122 Å². The molecule has 0 fully saturated rings. The van der Waals surface area contributed by atoms with Gasteiger partial charge >= 0.3 is 0 Å². The van der Waals surface area contributed by atoms with Gasteiger partial charge in [0.1, 0.15) is 11.4 Å². The molecule has 0 atom stereocenters. The van der Waals surface area contributed by atoms with E-state index in [1.54, 1.807) is 11.3 Å². The fourth-order valence-electron chi connectivity index (χ4n) is 2.28. The molecule has 104 valence electrons. The number of thiazole rings is 1. The minimum atomic E-state index is 0.684. The summed E-state index contributed by atoms with van der Waals surface area (Å²) in [4.78, 5) is 5.54. The van der Waals surface area contributed by atoms with E-state index in [4.69, 9.17) is 4.74 Å². The second-order valence-corrected chi connectivity index (χ2v) is 5.65. The highest BCUT2D eigenvalue weighted by Gasteiger charge is 2.16. The summed E-state index contributed by atoms with van der Waals surface area (Å²) in [5, 5.41) is 5.20. The van der Waals surface area contributed by atoms with Crippen molar-refractivity contribution in [2.75, 3.05) is 7.05 Å². The van der Waals surface area contributed by atoms with Crippen LogP contribution in [0.25, 0.3) is 4.96 Å². The number of benzene rings is 1. The average Bonchev–Trinajstić information content (AvgIpc) is 2.97. The van der Waals surface area contributed by atoms with Crippen molar-refractivity contribution in [1.29, 1.82) is 0 Å². The molecule has 0 radical (unpaired) electrons. The molecule has 5 heteroatoms. The molecule has 0 unspecified atom stereocenters. The average molecular weight is 287 g/mol. The number of aromatic nitrogens is 2. The van der Waals surface area contributed by atoms with Gasteiger partial charge in [-0.1, -0.05) is 18.2 Å². The van der Waals surface area contributed by atoms with E-state index >= 15 is 0 Å². The first-order valence-electron chi connectivity index (χ1n) is 6.54. The predicted molar refractivity (Wildman–Crippen MR) is 81.8 cm³/mol. The summed E-state index contributed by atoms with van der Waals surface area (Å²) < 4.78 is 8.18. The lowest BCUT2D eigenvalue weighted by Gasteiger charge is -2.11. The number of ether oxygens (including phenoxy) is 1. The molecule has 0 saturated heterocycles. The minimum absolute atomic E-state index is 0.684. The van der Waals surface area contributed by atoms with Crippen LogP contribution in [-0.4, -0.2) is 16.4 Å². The zero-order valence-electron chi connectivity index (χ0n) is 11.8. The summed E-state index contributed by atoms with van der Waals surface area (Å²) >= 11 is 1.61. The quantitative estimate of drug-likeness (QED) is 0.798. The maximum absolute atomic E-state index is 6.10. The molecule has 4 nitrogen and oxygen atoms in total. The largest absolute Gasteiger partial charge is 0.437 e. The van der Waals surface area contributed by atoms with E-state index in [2.05, 4.69) is 40.7 Å². The van der Waals surface area contributed by atoms with Crippen LogP contribution < -0.4 is 10.1 Å². The number of hydrogen-bond donors (Lipinski definition) is 1. The molecule has 0 amide bonds. The molecule has 20 heavy (non-hydrogen) atoms. The monoisotopic (exact) mass is 287 g/mol. The smallest absolute Gasteiger partial charge is 0.243 e. The molecule has 1 N–H and O–H groups in total. The van der Waals surface area contributed by atoms with Gasteiger partial charge in [0, 0.05) is 18.1 Å². The summed E-state index contributed by atoms with van der Waals surface area (Å²) in [6.45, 7) is 4.83. The van der Waals surface area contributed by atoms with E-state index in [-0.39, 0.29) is 0 Å². The first-order chi connectivity index (χ1) is 9.70. The number of nitrogens with zero attached hydrogens (tertiary/aromatic N) is 2. The summed E-state index contributed by atoms with van der Waals surface area (Å²) in [7, 11) is 1.93. The number of rotatable bonds is 4. The van der Waals surface area contributed by atoms with Crippen LogP contribution in [0.15, 0.2) is 29.8 Å². The summed E-state index contributed by atoms with van der Waals surface area (Å²) in [6.07, 6.45) is 2.03. The molecule has 0 aliphatic carbocycles. The van der Waals surface area contributed by atoms with Crippen LogP contribution in [0.5, 0.6) is 11.6 Å². The van der Waals surface area contributed by atoms with Crippen molar-refractivity contribution in [2.24, 2.45) is 0 Å². The molecule has 2 heterocycles. The topological polar surface area (TPSA) is 38.6 Å². The van der Waals surface area contributed by atoms with E-state index in [0.29, 0.717) is 5.88 Å². The highest BCUT2D eigenvalue weighted by atomic mass is 32.1. The lowest BCUT2D eigenvalue weighted by Crippen LogP contribution is -2.08. The standard InChI is InChI=1S/C15H17N3OS/c1-10-5-4-6-11(2)13(10)19-14-12(9-16-3)18-7-8-20-15(18)17-14/h4-8,16H,9H2,1-3H3. The van der Waals surface area contributed by atoms with Crippen molar-refractivity contribution >= 4 is 16.3 Å². The number of para-hydroxylation sites is 1. The van der Waals surface area contributed by atoms with Crippen molar-refractivity contribution < 1.29 is 4.74 Å². The van der Waals surface area contributed by atoms with Gasteiger partial charge in [0.15, 0.2) is 4.96 Å². The van der Waals surface area contributed by atoms with Crippen LogP contribution in [0.4, 0.5) is 0 Å². The third-order valence-electron chi connectivity index (χ3n) is 3.28. The van der Waals surface area contributed by atoms with E-state index < -0.39 is 0 Å². The Balaban J connectivity index is 2.06. The normalized spacial score (nSPS) is 11.2. The van der Waals surface area contributed by atoms with Gasteiger partial charge in [-0.15, -0.1) is 11.3 Å². The zero-order valence-corrected chi connectivity index (χ0v) is 12.6. The van der Waals surface area contributed by atoms with E-state index in [1.165, 1.54) is 0 Å². The third kappa shape index (κ3) is 2.19. The Morgan fingerprint density at radius 1 is 1.30 bits per heavy atom. The molecule has 0 aliphatic rings. The molecule has 3 aromatic rings. The number of imidazole rings is 1. The van der Waals surface area contributed by atoms with Crippen LogP contribution in [0.2, 0.25) is 0 Å². The van der Waals surface area contributed by atoms with Gasteiger partial charge < -0.3 is 10.1 Å². The molecule has 2 aromatic heterocycles. The number of nitrogens with one attached hydrogen (secondary N) is 1. The second-order valence-electron chi connectivity index (χ2n) is 4.77. The summed E-state index contributed by atoms with van der Waals surface area (Å²) in [5.74, 6) is 1.58. The lowest BCUT2D eigenvalue weighted by atomic mass is 10.1. The van der Waals surface area contributed by atoms with Gasteiger partial charge in [-0.2, -0.15) is 4.98 Å². The van der Waals surface area contributed by atoms with Gasteiger partial charge in [0.25, 0.3) is 0 Å². The van der Waals surface area contributed by atoms with Gasteiger partial charge in [0.05, 0.1) is 0 Å². The van der Waals surface area contributed by atoms with Crippen LogP contribution in [0, 0.1) is 13.8 Å². The van der Waals surface area contributed by atoms with E-state index in [0.717, 1.165) is 34.1 Å². The predicted octanol–water partition coefficient (Wildman–Crippen LogP) is 3.52. The highest BCUT2D eigenvalue weighted by molar-refractivity contribution is 7.15. The first kappa shape index (κ1) is 13.1. The summed E-state index contributed by atoms with van der Waals surface area (Å²) in [5.41, 5.74) is 3.29. The molecular formula is C15H17N3OS. The molecule has 0 bridgehead atoms. The fourth-order valence-corrected chi connectivity index (χ4v) is 3.00. The maximum Gasteiger partial charge on any atom is 0.243 e. The third-order valence-corrected chi connectivity index (χ3v) is 4.03. The van der Waals surface area contributed by atoms with Crippen LogP contribution in [-0.2, 0) is 6.54 Å². The highest BCUT2D eigenvalue weighted by Crippen LogP contribution is 2.31. The molecule has 0 aliphatic heterocycles. The van der Waals surface area contributed by atoms with Crippen molar-refractivity contribution in [3.63, 3.8) is 0 Å². The van der Waals surface area contributed by atoms with E-state index in [1.807, 2.05) is 24.7 Å². The minimum Gasteiger partial charge on any atom is -0.437 e. The molecule has 0 saturated carbocycles. The van der Waals surface area contributed by atoms with Crippen LogP contribution in [0.1, 0.15) is 16.8 Å². The lowest BCUT2D eigenvalue weighted by molar-refractivity contribution is 0.450. The first-order valence-corrected chi connectivity index (χ1v) is 7.41. The number of fused-ring (bicyclic) bond motifs is 1. The van der Waals surface area contributed by atoms with Gasteiger partial charge in [-0.25, -0.2) is 0 Å². The zero-order chi connectivity index (χ0) is 14.1. The molecular weight excluding hydrogens is 270 g/mol. The van der Waals surface area contributed by atoms with Crippen molar-refractivity contribution in [3.8, 4) is 11.6 Å².